The van der Waals surface area contributed by atoms with Gasteiger partial charge in [-0.3, -0.25) is 9.69 Å². The van der Waals surface area contributed by atoms with E-state index in [0.717, 1.165) is 36.5 Å². The summed E-state index contributed by atoms with van der Waals surface area (Å²) in [5.74, 6) is -0.295. The number of carbonyl (C=O) groups is 1. The van der Waals surface area contributed by atoms with Crippen LogP contribution in [0.5, 0.6) is 0 Å². The largest absolute Gasteiger partial charge is 0.460 e. The highest BCUT2D eigenvalue weighted by atomic mass is 35.5. The van der Waals surface area contributed by atoms with Crippen LogP contribution < -0.4 is 0 Å². The fourth-order valence-electron chi connectivity index (χ4n) is 3.49. The number of piperidine rings is 1. The molecule has 162 valence electrons. The molecule has 1 N–H and O–H groups in total. The summed E-state index contributed by atoms with van der Waals surface area (Å²) >= 11 is 3.97. The number of likely N-dealkylation sites (tertiary alicyclic amines) is 1. The molecular formula is C22H32ClNO4S. The molecule has 0 aliphatic carbocycles. The normalized spacial score (nSPS) is 18.8. The number of esters is 1. The third-order valence-corrected chi connectivity index (χ3v) is 6.07. The van der Waals surface area contributed by atoms with Crippen LogP contribution in [0.1, 0.15) is 58.9 Å². The highest BCUT2D eigenvalue weighted by molar-refractivity contribution is 7.79. The lowest BCUT2D eigenvalue weighted by molar-refractivity contribution is -0.155. The van der Waals surface area contributed by atoms with Crippen LogP contribution in [-0.2, 0) is 20.6 Å². The van der Waals surface area contributed by atoms with Crippen molar-refractivity contribution in [1.82, 2.24) is 4.90 Å². The SMILES string of the molecule is CC(CC(=O)OC(C)(C)C)CC(N1CCC(=Cc2ccc(Cl)cc2)CC1)S(=O)O. The second-order valence-corrected chi connectivity index (χ2v) is 10.3. The molecule has 1 heterocycles. The molecule has 1 aliphatic heterocycles. The third kappa shape index (κ3) is 8.59. The number of hydrogen-bond donors (Lipinski definition) is 1. The molecule has 1 aliphatic rings. The Kier molecular flexibility index (Phi) is 8.89. The maximum absolute atomic E-state index is 12.0. The van der Waals surface area contributed by atoms with Gasteiger partial charge in [0, 0.05) is 24.5 Å². The fraction of sp³-hybridized carbons (Fsp3) is 0.591. The van der Waals surface area contributed by atoms with E-state index in [1.54, 1.807) is 0 Å². The maximum Gasteiger partial charge on any atom is 0.306 e. The molecule has 0 amide bonds. The average molecular weight is 442 g/mol. The van der Waals surface area contributed by atoms with Crippen LogP contribution in [0.3, 0.4) is 0 Å². The van der Waals surface area contributed by atoms with Gasteiger partial charge in [0.1, 0.15) is 11.0 Å². The van der Waals surface area contributed by atoms with E-state index in [4.69, 9.17) is 16.3 Å². The van der Waals surface area contributed by atoms with Crippen LogP contribution in [0.2, 0.25) is 5.02 Å². The van der Waals surface area contributed by atoms with Gasteiger partial charge < -0.3 is 9.29 Å². The van der Waals surface area contributed by atoms with Crippen LogP contribution in [0.15, 0.2) is 29.8 Å². The predicted octanol–water partition coefficient (Wildman–Crippen LogP) is 5.13. The van der Waals surface area contributed by atoms with Crippen molar-refractivity contribution in [3.63, 3.8) is 0 Å². The summed E-state index contributed by atoms with van der Waals surface area (Å²) in [6.45, 7) is 8.91. The Balaban J connectivity index is 1.91. The minimum absolute atomic E-state index is 0.0306. The van der Waals surface area contributed by atoms with Gasteiger partial charge in [-0.25, -0.2) is 4.21 Å². The maximum atomic E-state index is 12.0. The van der Waals surface area contributed by atoms with Crippen LogP contribution in [0.25, 0.3) is 6.08 Å². The molecular weight excluding hydrogens is 410 g/mol. The lowest BCUT2D eigenvalue weighted by Gasteiger charge is -2.34. The first-order valence-electron chi connectivity index (χ1n) is 10.0. The molecule has 1 saturated heterocycles. The van der Waals surface area contributed by atoms with Gasteiger partial charge in [-0.2, -0.15) is 0 Å². The van der Waals surface area contributed by atoms with Gasteiger partial charge in [-0.1, -0.05) is 42.3 Å². The molecule has 5 nitrogen and oxygen atoms in total. The van der Waals surface area contributed by atoms with E-state index in [2.05, 4.69) is 11.0 Å². The highest BCUT2D eigenvalue weighted by Crippen LogP contribution is 2.26. The lowest BCUT2D eigenvalue weighted by Crippen LogP contribution is -2.43. The molecule has 0 bridgehead atoms. The number of benzene rings is 1. The molecule has 0 saturated carbocycles. The summed E-state index contributed by atoms with van der Waals surface area (Å²) in [5, 5.41) is 0.250. The van der Waals surface area contributed by atoms with Gasteiger partial charge in [0.2, 0.25) is 0 Å². The van der Waals surface area contributed by atoms with Crippen LogP contribution in [-0.4, -0.2) is 43.7 Å². The molecule has 3 atom stereocenters. The van der Waals surface area contributed by atoms with Crippen LogP contribution in [0.4, 0.5) is 0 Å². The summed E-state index contributed by atoms with van der Waals surface area (Å²) in [4.78, 5) is 14.1. The zero-order valence-electron chi connectivity index (χ0n) is 17.7. The van der Waals surface area contributed by atoms with E-state index < -0.39 is 22.1 Å². The number of halogens is 1. The second-order valence-electron chi connectivity index (χ2n) is 8.75. The zero-order chi connectivity index (χ0) is 21.6. The Morgan fingerprint density at radius 3 is 2.38 bits per heavy atom. The summed E-state index contributed by atoms with van der Waals surface area (Å²) in [6, 6.07) is 7.73. The number of hydrogen-bond acceptors (Lipinski definition) is 4. The smallest absolute Gasteiger partial charge is 0.306 e. The first-order valence-corrected chi connectivity index (χ1v) is 11.6. The Morgan fingerprint density at radius 1 is 1.28 bits per heavy atom. The Morgan fingerprint density at radius 2 is 1.86 bits per heavy atom. The van der Waals surface area contributed by atoms with Gasteiger partial charge in [0.25, 0.3) is 0 Å². The molecule has 1 aromatic carbocycles. The number of carbonyl (C=O) groups excluding carboxylic acids is 1. The van der Waals surface area contributed by atoms with Gasteiger partial charge in [0.15, 0.2) is 11.1 Å². The van der Waals surface area contributed by atoms with E-state index in [1.165, 1.54) is 5.57 Å². The van der Waals surface area contributed by atoms with Crippen molar-refractivity contribution in [2.75, 3.05) is 13.1 Å². The first kappa shape index (κ1) is 24.1. The van der Waals surface area contributed by atoms with Crippen molar-refractivity contribution in [2.24, 2.45) is 5.92 Å². The van der Waals surface area contributed by atoms with Gasteiger partial charge in [-0.15, -0.1) is 0 Å². The average Bonchev–Trinajstić information content (AvgIpc) is 2.60. The van der Waals surface area contributed by atoms with E-state index in [1.807, 2.05) is 52.0 Å². The minimum Gasteiger partial charge on any atom is -0.460 e. The van der Waals surface area contributed by atoms with Crippen molar-refractivity contribution < 1.29 is 18.3 Å². The van der Waals surface area contributed by atoms with Gasteiger partial charge >= 0.3 is 5.97 Å². The minimum atomic E-state index is -1.97. The van der Waals surface area contributed by atoms with E-state index in [0.29, 0.717) is 6.42 Å². The van der Waals surface area contributed by atoms with E-state index in [9.17, 15) is 13.6 Å². The molecule has 7 heteroatoms. The lowest BCUT2D eigenvalue weighted by atomic mass is 9.99. The first-order chi connectivity index (χ1) is 13.5. The van der Waals surface area contributed by atoms with E-state index >= 15 is 0 Å². The third-order valence-electron chi connectivity index (χ3n) is 4.86. The van der Waals surface area contributed by atoms with Gasteiger partial charge in [0.05, 0.1) is 0 Å². The second kappa shape index (κ2) is 10.7. The quantitative estimate of drug-likeness (QED) is 0.469. The van der Waals surface area contributed by atoms with Crippen molar-refractivity contribution in [2.45, 2.75) is 64.4 Å². The summed E-state index contributed by atoms with van der Waals surface area (Å²) in [6.07, 6.45) is 4.62. The molecule has 0 radical (unpaired) electrons. The number of nitrogens with zero attached hydrogens (tertiary/aromatic N) is 1. The molecule has 0 spiro atoms. The van der Waals surface area contributed by atoms with Crippen molar-refractivity contribution >= 4 is 34.7 Å². The summed E-state index contributed by atoms with van der Waals surface area (Å²) in [7, 11) is 0. The van der Waals surface area contributed by atoms with Crippen molar-refractivity contribution in [1.29, 1.82) is 0 Å². The Labute approximate surface area is 181 Å². The zero-order valence-corrected chi connectivity index (χ0v) is 19.3. The summed E-state index contributed by atoms with van der Waals surface area (Å²) in [5.41, 5.74) is 1.93. The molecule has 2 rings (SSSR count). The Hall–Kier alpha value is -1.21. The van der Waals surface area contributed by atoms with Gasteiger partial charge in [-0.05, 0) is 63.6 Å². The van der Waals surface area contributed by atoms with Crippen LogP contribution in [0, 0.1) is 5.92 Å². The molecule has 29 heavy (non-hydrogen) atoms. The number of ether oxygens (including phenoxy) is 1. The fourth-order valence-corrected chi connectivity index (χ4v) is 4.58. The van der Waals surface area contributed by atoms with Crippen LogP contribution >= 0.6 is 11.6 Å². The molecule has 3 unspecified atom stereocenters. The number of rotatable bonds is 7. The van der Waals surface area contributed by atoms with Crippen molar-refractivity contribution in [3.8, 4) is 0 Å². The predicted molar refractivity (Wildman–Crippen MR) is 119 cm³/mol. The monoisotopic (exact) mass is 441 g/mol. The summed E-state index contributed by atoms with van der Waals surface area (Å²) < 4.78 is 27.2. The molecule has 1 fully saturated rings. The topological polar surface area (TPSA) is 66.8 Å². The van der Waals surface area contributed by atoms with E-state index in [-0.39, 0.29) is 18.3 Å². The van der Waals surface area contributed by atoms with Crippen molar-refractivity contribution in [3.05, 3.63) is 40.4 Å². The standard InChI is InChI=1S/C22H32ClNO4S/c1-16(14-21(25)28-22(2,3)4)13-20(29(26)27)24-11-9-18(10-12-24)15-17-5-7-19(23)8-6-17/h5-8,15-16,20H,9-14H2,1-4H3,(H,26,27). The Bertz CT molecular complexity index is 732. The molecule has 0 aromatic heterocycles. The highest BCUT2D eigenvalue weighted by Gasteiger charge is 2.29. The molecule has 1 aromatic rings.